The van der Waals surface area contributed by atoms with Gasteiger partial charge < -0.3 is 14.8 Å². The van der Waals surface area contributed by atoms with Gasteiger partial charge in [-0.1, -0.05) is 24.3 Å². The van der Waals surface area contributed by atoms with Crippen molar-refractivity contribution in [1.29, 1.82) is 0 Å². The number of likely N-dealkylation sites (tertiary alicyclic amines) is 1. The number of amides is 2. The van der Waals surface area contributed by atoms with Crippen molar-refractivity contribution in [3.8, 4) is 0 Å². The molecule has 0 saturated carbocycles. The van der Waals surface area contributed by atoms with E-state index in [-0.39, 0.29) is 55.6 Å². The predicted octanol–water partition coefficient (Wildman–Crippen LogP) is 5.18. The molecule has 4 heterocycles. The van der Waals surface area contributed by atoms with Gasteiger partial charge in [0.05, 0.1) is 11.2 Å². The van der Waals surface area contributed by atoms with Gasteiger partial charge in [-0.15, -0.1) is 37.2 Å². The zero-order valence-electron chi connectivity index (χ0n) is 24.0. The van der Waals surface area contributed by atoms with E-state index in [4.69, 9.17) is 0 Å². The lowest BCUT2D eigenvalue weighted by atomic mass is 10.0. The number of hydrogen-bond acceptors (Lipinski definition) is 5. The number of nitrogens with one attached hydrogen (secondary N) is 1. The van der Waals surface area contributed by atoms with Crippen LogP contribution in [0.4, 0.5) is 5.69 Å². The van der Waals surface area contributed by atoms with E-state index < -0.39 is 0 Å². The maximum absolute atomic E-state index is 14.0. The summed E-state index contributed by atoms with van der Waals surface area (Å²) in [5.41, 5.74) is 3.95. The summed E-state index contributed by atoms with van der Waals surface area (Å²) in [6.45, 7) is 7.43. The van der Waals surface area contributed by atoms with Gasteiger partial charge in [0.1, 0.15) is 6.54 Å². The van der Waals surface area contributed by atoms with E-state index in [0.717, 1.165) is 48.0 Å². The molecule has 2 fully saturated rings. The van der Waals surface area contributed by atoms with Crippen molar-refractivity contribution in [1.82, 2.24) is 24.7 Å². The molecular formula is C31H39Cl3N6O2. The van der Waals surface area contributed by atoms with Crippen LogP contribution in [0.2, 0.25) is 0 Å². The number of halogens is 3. The van der Waals surface area contributed by atoms with Crippen molar-refractivity contribution in [2.75, 3.05) is 57.8 Å². The van der Waals surface area contributed by atoms with Gasteiger partial charge in [0, 0.05) is 66.5 Å². The van der Waals surface area contributed by atoms with E-state index in [1.807, 2.05) is 66.6 Å². The number of aryl methyl sites for hydroxylation is 1. The standard InChI is InChI=1S/C31H36N6O2.3ClH/c1-22-20-33-27-19-24(8-9-26(22)27)31(39)37(28-7-3-5-23-6-4-12-32-30(23)28)21-29(38)36-17-15-35(16-18-36)25-10-13-34(2)14-11-25;;;/h3-9,12,19-20,25,33H,10-11,13-18,21H2,1-2H3;3*1H. The topological polar surface area (TPSA) is 75.8 Å². The number of piperazine rings is 1. The first-order chi connectivity index (χ1) is 19.0. The Hall–Kier alpha value is -2.88. The van der Waals surface area contributed by atoms with E-state index in [0.29, 0.717) is 35.9 Å². The first kappa shape index (κ1) is 33.6. The van der Waals surface area contributed by atoms with Gasteiger partial charge in [0.15, 0.2) is 0 Å². The number of benzene rings is 2. The van der Waals surface area contributed by atoms with Gasteiger partial charge in [-0.05, 0) is 69.7 Å². The first-order valence-corrected chi connectivity index (χ1v) is 13.9. The monoisotopic (exact) mass is 632 g/mol. The summed E-state index contributed by atoms with van der Waals surface area (Å²) in [6, 6.07) is 15.9. The van der Waals surface area contributed by atoms with Crippen LogP contribution in [-0.4, -0.2) is 95.4 Å². The lowest BCUT2D eigenvalue weighted by Crippen LogP contribution is -2.55. The number of piperidine rings is 1. The van der Waals surface area contributed by atoms with E-state index >= 15 is 0 Å². The molecule has 2 aromatic carbocycles. The van der Waals surface area contributed by atoms with Gasteiger partial charge >= 0.3 is 0 Å². The normalized spacial score (nSPS) is 16.4. The number of rotatable bonds is 5. The van der Waals surface area contributed by atoms with Gasteiger partial charge in [-0.2, -0.15) is 0 Å². The molecule has 0 spiro atoms. The molecular weight excluding hydrogens is 595 g/mol. The molecule has 11 heteroatoms. The summed E-state index contributed by atoms with van der Waals surface area (Å²) in [5.74, 6) is -0.239. The number of para-hydroxylation sites is 1. The molecule has 0 aliphatic carbocycles. The minimum absolute atomic E-state index is 0. The highest BCUT2D eigenvalue weighted by molar-refractivity contribution is 6.13. The number of H-pyrrole nitrogens is 1. The minimum atomic E-state index is -0.208. The third-order valence-electron chi connectivity index (χ3n) is 8.45. The number of fused-ring (bicyclic) bond motifs is 2. The predicted molar refractivity (Wildman–Crippen MR) is 177 cm³/mol. The molecule has 8 nitrogen and oxygen atoms in total. The zero-order chi connectivity index (χ0) is 26.9. The number of aromatic amines is 1. The molecule has 2 aromatic heterocycles. The highest BCUT2D eigenvalue weighted by atomic mass is 35.5. The van der Waals surface area contributed by atoms with Crippen molar-refractivity contribution in [2.45, 2.75) is 25.8 Å². The van der Waals surface area contributed by atoms with Gasteiger partial charge in [0.25, 0.3) is 5.91 Å². The van der Waals surface area contributed by atoms with Gasteiger partial charge in [0.2, 0.25) is 5.91 Å². The number of aromatic nitrogens is 2. The first-order valence-electron chi connectivity index (χ1n) is 13.9. The minimum Gasteiger partial charge on any atom is -0.361 e. The summed E-state index contributed by atoms with van der Waals surface area (Å²) in [5, 5.41) is 2.02. The molecule has 0 radical (unpaired) electrons. The Morgan fingerprint density at radius 2 is 1.67 bits per heavy atom. The molecule has 2 aliphatic heterocycles. The molecule has 42 heavy (non-hydrogen) atoms. The fraction of sp³-hybridized carbons (Fsp3) is 0.387. The molecule has 0 bridgehead atoms. The maximum atomic E-state index is 14.0. The van der Waals surface area contributed by atoms with Crippen LogP contribution >= 0.6 is 37.2 Å². The van der Waals surface area contributed by atoms with Crippen molar-refractivity contribution in [3.05, 3.63) is 72.1 Å². The number of carbonyl (C=O) groups excluding carboxylic acids is 2. The fourth-order valence-corrected chi connectivity index (χ4v) is 6.06. The molecule has 0 unspecified atom stereocenters. The zero-order valence-corrected chi connectivity index (χ0v) is 26.4. The quantitative estimate of drug-likeness (QED) is 0.328. The number of anilines is 1. The molecule has 4 aromatic rings. The lowest BCUT2D eigenvalue weighted by Gasteiger charge is -2.42. The SMILES string of the molecule is Cc1c[nH]c2cc(C(=O)N(CC(=O)N3CCN(C4CCN(C)CC4)CC3)c3cccc4cccnc34)ccc12.Cl.Cl.Cl. The molecule has 6 rings (SSSR count). The second-order valence-electron chi connectivity index (χ2n) is 10.9. The van der Waals surface area contributed by atoms with E-state index in [1.165, 1.54) is 12.8 Å². The second-order valence-corrected chi connectivity index (χ2v) is 10.9. The Kier molecular flexibility index (Phi) is 11.6. The van der Waals surface area contributed by atoms with Crippen LogP contribution in [0, 0.1) is 6.92 Å². The highest BCUT2D eigenvalue weighted by Gasteiger charge is 2.30. The number of carbonyl (C=O) groups is 2. The maximum Gasteiger partial charge on any atom is 0.258 e. The summed E-state index contributed by atoms with van der Waals surface area (Å²) in [7, 11) is 2.18. The summed E-state index contributed by atoms with van der Waals surface area (Å²) in [6.07, 6.45) is 6.04. The Morgan fingerprint density at radius 1 is 0.952 bits per heavy atom. The Bertz CT molecular complexity index is 1510. The second kappa shape index (κ2) is 14.5. The Labute approximate surface area is 265 Å². The molecule has 226 valence electrons. The third kappa shape index (κ3) is 6.84. The summed E-state index contributed by atoms with van der Waals surface area (Å²) < 4.78 is 0. The Morgan fingerprint density at radius 3 is 2.40 bits per heavy atom. The molecule has 0 atom stereocenters. The van der Waals surface area contributed by atoms with Gasteiger partial charge in [-0.3, -0.25) is 24.4 Å². The largest absolute Gasteiger partial charge is 0.361 e. The van der Waals surface area contributed by atoms with E-state index in [9.17, 15) is 9.59 Å². The fourth-order valence-electron chi connectivity index (χ4n) is 6.06. The van der Waals surface area contributed by atoms with Crippen LogP contribution in [0.3, 0.4) is 0 Å². The van der Waals surface area contributed by atoms with Crippen LogP contribution in [-0.2, 0) is 4.79 Å². The molecule has 2 aliphatic rings. The van der Waals surface area contributed by atoms with E-state index in [1.54, 1.807) is 11.1 Å². The van der Waals surface area contributed by atoms with Crippen molar-refractivity contribution in [2.24, 2.45) is 0 Å². The molecule has 2 saturated heterocycles. The third-order valence-corrected chi connectivity index (χ3v) is 8.45. The summed E-state index contributed by atoms with van der Waals surface area (Å²) in [4.78, 5) is 44.0. The lowest BCUT2D eigenvalue weighted by molar-refractivity contribution is -0.131. The van der Waals surface area contributed by atoms with Crippen LogP contribution in [0.1, 0.15) is 28.8 Å². The highest BCUT2D eigenvalue weighted by Crippen LogP contribution is 2.28. The van der Waals surface area contributed by atoms with Crippen molar-refractivity contribution in [3.63, 3.8) is 0 Å². The number of nitrogens with zero attached hydrogens (tertiary/aromatic N) is 5. The van der Waals surface area contributed by atoms with Crippen LogP contribution in [0.15, 0.2) is 60.9 Å². The van der Waals surface area contributed by atoms with Gasteiger partial charge in [-0.25, -0.2) is 0 Å². The molecule has 1 N–H and O–H groups in total. The number of hydrogen-bond donors (Lipinski definition) is 1. The average Bonchev–Trinajstić information content (AvgIpc) is 3.35. The van der Waals surface area contributed by atoms with E-state index in [2.05, 4.69) is 26.8 Å². The number of pyridine rings is 1. The smallest absolute Gasteiger partial charge is 0.258 e. The Balaban J connectivity index is 0.00000161. The van der Waals surface area contributed by atoms with Crippen molar-refractivity contribution < 1.29 is 9.59 Å². The van der Waals surface area contributed by atoms with Crippen LogP contribution in [0.5, 0.6) is 0 Å². The average molecular weight is 634 g/mol. The molecule has 2 amide bonds. The van der Waals surface area contributed by atoms with Crippen molar-refractivity contribution >= 4 is 76.5 Å². The van der Waals surface area contributed by atoms with Crippen LogP contribution < -0.4 is 4.90 Å². The summed E-state index contributed by atoms with van der Waals surface area (Å²) >= 11 is 0. The van der Waals surface area contributed by atoms with Crippen LogP contribution in [0.25, 0.3) is 21.8 Å².